The Bertz CT molecular complexity index is 890. The van der Waals surface area contributed by atoms with Gasteiger partial charge in [-0.3, -0.25) is 10.1 Å². The topological polar surface area (TPSA) is 51.2 Å². The second kappa shape index (κ2) is 7.42. The van der Waals surface area contributed by atoms with Crippen molar-refractivity contribution in [2.24, 2.45) is 0 Å². The Morgan fingerprint density at radius 2 is 1.88 bits per heavy atom. The van der Waals surface area contributed by atoms with Crippen molar-refractivity contribution in [1.29, 1.82) is 0 Å². The second-order valence-electron chi connectivity index (χ2n) is 6.10. The molecule has 2 aromatic carbocycles. The van der Waals surface area contributed by atoms with Crippen LogP contribution in [0, 0.1) is 0 Å². The van der Waals surface area contributed by atoms with Gasteiger partial charge in [0, 0.05) is 5.02 Å². The van der Waals surface area contributed by atoms with Gasteiger partial charge in [0.25, 0.3) is 5.91 Å². The highest BCUT2D eigenvalue weighted by Gasteiger charge is 2.17. The number of amides is 1. The van der Waals surface area contributed by atoms with E-state index >= 15 is 0 Å². The minimum Gasteiger partial charge on any atom is -0.481 e. The molecule has 4 nitrogen and oxygen atoms in total. The maximum atomic E-state index is 12.3. The Morgan fingerprint density at radius 3 is 2.56 bits per heavy atom. The monoisotopic (exact) mass is 374 g/mol. The molecule has 0 fully saturated rings. The van der Waals surface area contributed by atoms with E-state index in [1.807, 2.05) is 36.4 Å². The zero-order valence-electron chi connectivity index (χ0n) is 14.2. The molecule has 0 aliphatic rings. The number of thiazole rings is 1. The van der Waals surface area contributed by atoms with Gasteiger partial charge in [0.05, 0.1) is 10.2 Å². The first-order valence-electron chi connectivity index (χ1n) is 8.06. The molecule has 1 N–H and O–H groups in total. The molecule has 0 aliphatic carbocycles. The SMILES string of the molecule is CC(Oc1ccc(C(C)C)cc1)C(=O)Nc1nc2ccc(Cl)cc2s1. The lowest BCUT2D eigenvalue weighted by molar-refractivity contribution is -0.122. The maximum absolute atomic E-state index is 12.3. The molecule has 130 valence electrons. The molecule has 0 saturated heterocycles. The molecule has 0 aliphatic heterocycles. The van der Waals surface area contributed by atoms with Gasteiger partial charge in [-0.25, -0.2) is 4.98 Å². The first-order chi connectivity index (χ1) is 11.9. The third kappa shape index (κ3) is 4.30. The number of nitrogens with one attached hydrogen (secondary N) is 1. The molecular weight excluding hydrogens is 356 g/mol. The van der Waals surface area contributed by atoms with Crippen LogP contribution < -0.4 is 10.1 Å². The van der Waals surface area contributed by atoms with Gasteiger partial charge >= 0.3 is 0 Å². The van der Waals surface area contributed by atoms with E-state index < -0.39 is 6.10 Å². The number of halogens is 1. The van der Waals surface area contributed by atoms with Crippen molar-refractivity contribution in [3.05, 3.63) is 53.1 Å². The average molecular weight is 375 g/mol. The summed E-state index contributed by atoms with van der Waals surface area (Å²) in [7, 11) is 0. The van der Waals surface area contributed by atoms with Crippen molar-refractivity contribution in [2.75, 3.05) is 5.32 Å². The van der Waals surface area contributed by atoms with Gasteiger partial charge in [0.1, 0.15) is 5.75 Å². The van der Waals surface area contributed by atoms with E-state index in [0.29, 0.717) is 21.8 Å². The summed E-state index contributed by atoms with van der Waals surface area (Å²) < 4.78 is 6.65. The Morgan fingerprint density at radius 1 is 1.16 bits per heavy atom. The number of anilines is 1. The van der Waals surface area contributed by atoms with Crippen LogP contribution in [0.5, 0.6) is 5.75 Å². The summed E-state index contributed by atoms with van der Waals surface area (Å²) in [6, 6.07) is 13.3. The summed E-state index contributed by atoms with van der Waals surface area (Å²) in [4.78, 5) is 16.7. The molecule has 0 radical (unpaired) electrons. The summed E-state index contributed by atoms with van der Waals surface area (Å²) in [6.45, 7) is 5.99. The zero-order chi connectivity index (χ0) is 18.0. The number of carbonyl (C=O) groups excluding carboxylic acids is 1. The predicted molar refractivity (Wildman–Crippen MR) is 104 cm³/mol. The number of ether oxygens (including phenoxy) is 1. The van der Waals surface area contributed by atoms with Crippen LogP contribution in [0.3, 0.4) is 0 Å². The molecule has 1 aromatic heterocycles. The fourth-order valence-electron chi connectivity index (χ4n) is 2.35. The van der Waals surface area contributed by atoms with E-state index in [1.54, 1.807) is 13.0 Å². The molecule has 6 heteroatoms. The van der Waals surface area contributed by atoms with Crippen LogP contribution in [0.2, 0.25) is 5.02 Å². The van der Waals surface area contributed by atoms with Gasteiger partial charge in [0.2, 0.25) is 0 Å². The molecule has 3 rings (SSSR count). The fourth-order valence-corrected chi connectivity index (χ4v) is 3.49. The van der Waals surface area contributed by atoms with Gasteiger partial charge < -0.3 is 4.74 Å². The minimum absolute atomic E-state index is 0.238. The van der Waals surface area contributed by atoms with Crippen molar-refractivity contribution >= 4 is 44.2 Å². The van der Waals surface area contributed by atoms with E-state index in [0.717, 1.165) is 10.2 Å². The second-order valence-corrected chi connectivity index (χ2v) is 7.57. The van der Waals surface area contributed by atoms with Crippen molar-refractivity contribution in [2.45, 2.75) is 32.8 Å². The average Bonchev–Trinajstić information content (AvgIpc) is 2.96. The highest BCUT2D eigenvalue weighted by atomic mass is 35.5. The van der Waals surface area contributed by atoms with Crippen LogP contribution in [0.25, 0.3) is 10.2 Å². The van der Waals surface area contributed by atoms with Crippen molar-refractivity contribution in [3.63, 3.8) is 0 Å². The quantitative estimate of drug-likeness (QED) is 0.643. The molecule has 0 bridgehead atoms. The Balaban J connectivity index is 1.65. The number of aromatic nitrogens is 1. The highest BCUT2D eigenvalue weighted by molar-refractivity contribution is 7.22. The number of rotatable bonds is 5. The summed E-state index contributed by atoms with van der Waals surface area (Å²) in [5.74, 6) is 0.892. The fraction of sp³-hybridized carbons (Fsp3) is 0.263. The first kappa shape index (κ1) is 17.7. The number of nitrogens with zero attached hydrogens (tertiary/aromatic N) is 1. The zero-order valence-corrected chi connectivity index (χ0v) is 15.8. The third-order valence-corrected chi connectivity index (χ3v) is 4.98. The molecule has 0 saturated carbocycles. The first-order valence-corrected chi connectivity index (χ1v) is 9.25. The number of fused-ring (bicyclic) bond motifs is 1. The number of benzene rings is 2. The Labute approximate surface area is 155 Å². The van der Waals surface area contributed by atoms with E-state index in [-0.39, 0.29) is 5.91 Å². The van der Waals surface area contributed by atoms with Gasteiger partial charge in [-0.2, -0.15) is 0 Å². The van der Waals surface area contributed by atoms with Gasteiger partial charge in [-0.15, -0.1) is 0 Å². The van der Waals surface area contributed by atoms with E-state index in [4.69, 9.17) is 16.3 Å². The molecule has 1 atom stereocenters. The molecule has 1 unspecified atom stereocenters. The van der Waals surface area contributed by atoms with Crippen LogP contribution in [-0.4, -0.2) is 17.0 Å². The normalized spacial score (nSPS) is 12.4. The lowest BCUT2D eigenvalue weighted by Gasteiger charge is -2.14. The largest absolute Gasteiger partial charge is 0.481 e. The number of carbonyl (C=O) groups is 1. The molecule has 25 heavy (non-hydrogen) atoms. The highest BCUT2D eigenvalue weighted by Crippen LogP contribution is 2.28. The van der Waals surface area contributed by atoms with E-state index in [1.165, 1.54) is 16.9 Å². The summed E-state index contributed by atoms with van der Waals surface area (Å²) >= 11 is 7.36. The van der Waals surface area contributed by atoms with E-state index in [2.05, 4.69) is 24.1 Å². The predicted octanol–water partition coefficient (Wildman–Crippen LogP) is 5.48. The third-order valence-electron chi connectivity index (χ3n) is 3.81. The van der Waals surface area contributed by atoms with Gasteiger partial charge in [0.15, 0.2) is 11.2 Å². The van der Waals surface area contributed by atoms with Crippen LogP contribution in [0.4, 0.5) is 5.13 Å². The lowest BCUT2D eigenvalue weighted by atomic mass is 10.0. The summed E-state index contributed by atoms with van der Waals surface area (Å²) in [5.41, 5.74) is 2.04. The van der Waals surface area contributed by atoms with Crippen LogP contribution in [-0.2, 0) is 4.79 Å². The molecule has 3 aromatic rings. The Hall–Kier alpha value is -2.11. The maximum Gasteiger partial charge on any atom is 0.266 e. The standard InChI is InChI=1S/C19H19ClN2O2S/c1-11(2)13-4-7-15(8-5-13)24-12(3)18(23)22-19-21-16-9-6-14(20)10-17(16)25-19/h4-12H,1-3H3,(H,21,22,23). The van der Waals surface area contributed by atoms with Crippen molar-refractivity contribution in [3.8, 4) is 5.75 Å². The summed E-state index contributed by atoms with van der Waals surface area (Å²) in [6.07, 6.45) is -0.625. The minimum atomic E-state index is -0.625. The number of hydrogen-bond acceptors (Lipinski definition) is 4. The Kier molecular flexibility index (Phi) is 5.25. The molecule has 0 spiro atoms. The van der Waals surface area contributed by atoms with E-state index in [9.17, 15) is 4.79 Å². The van der Waals surface area contributed by atoms with Crippen molar-refractivity contribution < 1.29 is 9.53 Å². The van der Waals surface area contributed by atoms with Crippen LogP contribution in [0.15, 0.2) is 42.5 Å². The van der Waals surface area contributed by atoms with Crippen molar-refractivity contribution in [1.82, 2.24) is 4.98 Å². The summed E-state index contributed by atoms with van der Waals surface area (Å²) in [5, 5.41) is 3.98. The van der Waals surface area contributed by atoms with Crippen LogP contribution in [0.1, 0.15) is 32.3 Å². The number of hydrogen-bond donors (Lipinski definition) is 1. The smallest absolute Gasteiger partial charge is 0.266 e. The van der Waals surface area contributed by atoms with Gasteiger partial charge in [-0.05, 0) is 48.7 Å². The molecular formula is C19H19ClN2O2S. The molecule has 1 heterocycles. The van der Waals surface area contributed by atoms with Gasteiger partial charge in [-0.1, -0.05) is 48.9 Å². The van der Waals surface area contributed by atoms with Crippen LogP contribution >= 0.6 is 22.9 Å². The molecule has 1 amide bonds. The lowest BCUT2D eigenvalue weighted by Crippen LogP contribution is -2.30.